The minimum atomic E-state index is -4.86. The van der Waals surface area contributed by atoms with Gasteiger partial charge >= 0.3 is 12.4 Å². The molecule has 37 heavy (non-hydrogen) atoms. The van der Waals surface area contributed by atoms with E-state index in [1.807, 2.05) is 55.0 Å². The number of rotatable bonds is 8. The number of hydrogen-bond acceptors (Lipinski definition) is 2. The lowest BCUT2D eigenvalue weighted by Crippen LogP contribution is -2.48. The van der Waals surface area contributed by atoms with Crippen LogP contribution in [-0.2, 0) is 25.2 Å². The number of alkyl halides is 6. The van der Waals surface area contributed by atoms with E-state index in [9.17, 15) is 26.3 Å². The summed E-state index contributed by atoms with van der Waals surface area (Å²) in [6.07, 6.45) is -6.95. The summed E-state index contributed by atoms with van der Waals surface area (Å²) in [5.74, 6) is 0. The van der Waals surface area contributed by atoms with Crippen molar-refractivity contribution in [3.8, 4) is 0 Å². The highest BCUT2D eigenvalue weighted by atomic mass is 19.4. The normalized spacial score (nSPS) is 16.6. The van der Waals surface area contributed by atoms with Crippen LogP contribution in [0.25, 0.3) is 0 Å². The quantitative estimate of drug-likeness (QED) is 0.294. The molecule has 1 aliphatic heterocycles. The van der Waals surface area contributed by atoms with Crippen molar-refractivity contribution in [2.24, 2.45) is 0 Å². The average Bonchev–Trinajstić information content (AvgIpc) is 2.88. The van der Waals surface area contributed by atoms with E-state index in [0.29, 0.717) is 0 Å². The maximum absolute atomic E-state index is 13.3. The van der Waals surface area contributed by atoms with Gasteiger partial charge in [-0.15, -0.1) is 0 Å². The monoisotopic (exact) mass is 519 g/mol. The molecular formula is C29H29F6N2. The molecule has 8 heteroatoms. The van der Waals surface area contributed by atoms with Gasteiger partial charge in [0.05, 0.1) is 11.1 Å². The van der Waals surface area contributed by atoms with Gasteiger partial charge in [0.1, 0.15) is 0 Å². The fourth-order valence-electron chi connectivity index (χ4n) is 4.73. The maximum Gasteiger partial charge on any atom is 0.416 e. The van der Waals surface area contributed by atoms with Gasteiger partial charge in [0.2, 0.25) is 0 Å². The van der Waals surface area contributed by atoms with Gasteiger partial charge in [-0.05, 0) is 54.2 Å². The van der Waals surface area contributed by atoms with Crippen molar-refractivity contribution in [2.75, 3.05) is 32.7 Å². The summed E-state index contributed by atoms with van der Waals surface area (Å²) in [4.78, 5) is 4.63. The van der Waals surface area contributed by atoms with E-state index in [-0.39, 0.29) is 24.1 Å². The zero-order valence-electron chi connectivity index (χ0n) is 20.3. The van der Waals surface area contributed by atoms with Crippen molar-refractivity contribution in [3.05, 3.63) is 113 Å². The lowest BCUT2D eigenvalue weighted by atomic mass is 9.95. The van der Waals surface area contributed by atoms with Crippen LogP contribution < -0.4 is 0 Å². The molecule has 0 N–H and O–H groups in total. The molecule has 1 saturated heterocycles. The molecule has 1 atom stereocenters. The third-order valence-corrected chi connectivity index (χ3v) is 6.73. The molecule has 1 aliphatic rings. The molecule has 4 rings (SSSR count). The van der Waals surface area contributed by atoms with Gasteiger partial charge in [0.15, 0.2) is 0 Å². The fraction of sp³-hybridized carbons (Fsp3) is 0.345. The average molecular weight is 520 g/mol. The lowest BCUT2D eigenvalue weighted by Gasteiger charge is -2.39. The largest absolute Gasteiger partial charge is 0.416 e. The Labute approximate surface area is 213 Å². The molecule has 0 saturated carbocycles. The Balaban J connectivity index is 1.45. The second kappa shape index (κ2) is 11.7. The smallest absolute Gasteiger partial charge is 0.300 e. The molecule has 0 aromatic heterocycles. The first-order valence-electron chi connectivity index (χ1n) is 12.3. The Hall–Kier alpha value is -2.84. The molecule has 1 heterocycles. The van der Waals surface area contributed by atoms with Crippen LogP contribution in [0.5, 0.6) is 0 Å². The zero-order valence-corrected chi connectivity index (χ0v) is 20.3. The molecule has 3 aromatic rings. The molecule has 2 nitrogen and oxygen atoms in total. The molecule has 1 unspecified atom stereocenters. The summed E-state index contributed by atoms with van der Waals surface area (Å²) < 4.78 is 79.8. The van der Waals surface area contributed by atoms with Gasteiger partial charge in [0, 0.05) is 38.8 Å². The van der Waals surface area contributed by atoms with E-state index in [1.54, 1.807) is 0 Å². The van der Waals surface area contributed by atoms with E-state index < -0.39 is 23.5 Å². The van der Waals surface area contributed by atoms with E-state index in [4.69, 9.17) is 0 Å². The number of hydrogen-bond donors (Lipinski definition) is 0. The van der Waals surface area contributed by atoms with Crippen LogP contribution in [0.2, 0.25) is 0 Å². The second-order valence-electron chi connectivity index (χ2n) is 9.32. The third kappa shape index (κ3) is 7.58. The first kappa shape index (κ1) is 27.2. The number of piperazine rings is 1. The Kier molecular flexibility index (Phi) is 8.60. The fourth-order valence-corrected chi connectivity index (χ4v) is 4.73. The van der Waals surface area contributed by atoms with Crippen LogP contribution in [-0.4, -0.2) is 42.5 Å². The summed E-state index contributed by atoms with van der Waals surface area (Å²) >= 11 is 0. The Morgan fingerprint density at radius 2 is 1.22 bits per heavy atom. The topological polar surface area (TPSA) is 6.48 Å². The molecule has 0 aliphatic carbocycles. The van der Waals surface area contributed by atoms with Crippen molar-refractivity contribution >= 4 is 0 Å². The number of benzene rings is 3. The van der Waals surface area contributed by atoms with Gasteiger partial charge < -0.3 is 4.90 Å². The van der Waals surface area contributed by atoms with Crippen LogP contribution in [0, 0.1) is 6.42 Å². The summed E-state index contributed by atoms with van der Waals surface area (Å²) in [6.45, 7) is 4.11. The van der Waals surface area contributed by atoms with Crippen molar-refractivity contribution in [2.45, 2.75) is 31.2 Å². The Bertz CT molecular complexity index is 1090. The van der Waals surface area contributed by atoms with Gasteiger partial charge in [-0.2, -0.15) is 26.3 Å². The first-order chi connectivity index (χ1) is 17.6. The maximum atomic E-state index is 13.3. The van der Waals surface area contributed by atoms with E-state index in [0.717, 1.165) is 56.8 Å². The Morgan fingerprint density at radius 3 is 1.76 bits per heavy atom. The predicted molar refractivity (Wildman–Crippen MR) is 132 cm³/mol. The second-order valence-corrected chi connectivity index (χ2v) is 9.32. The molecule has 1 fully saturated rings. The van der Waals surface area contributed by atoms with E-state index in [2.05, 4.69) is 21.9 Å². The van der Waals surface area contributed by atoms with Crippen LogP contribution in [0.15, 0.2) is 78.9 Å². The molecule has 3 aromatic carbocycles. The van der Waals surface area contributed by atoms with Gasteiger partial charge in [-0.25, -0.2) is 0 Å². The van der Waals surface area contributed by atoms with E-state index >= 15 is 0 Å². The Morgan fingerprint density at radius 1 is 0.676 bits per heavy atom. The van der Waals surface area contributed by atoms with Crippen LogP contribution in [0.1, 0.15) is 33.9 Å². The third-order valence-electron chi connectivity index (χ3n) is 6.73. The molecular weight excluding hydrogens is 490 g/mol. The summed E-state index contributed by atoms with van der Waals surface area (Å²) in [7, 11) is 0. The van der Waals surface area contributed by atoms with Crippen molar-refractivity contribution in [3.63, 3.8) is 0 Å². The number of halogens is 6. The molecule has 0 amide bonds. The summed E-state index contributed by atoms with van der Waals surface area (Å²) in [5, 5.41) is 0. The number of nitrogens with zero attached hydrogens (tertiary/aromatic N) is 2. The molecule has 197 valence electrons. The highest BCUT2D eigenvalue weighted by Gasteiger charge is 2.37. The zero-order chi connectivity index (χ0) is 26.5. The summed E-state index contributed by atoms with van der Waals surface area (Å²) in [5.41, 5.74) is -0.337. The van der Waals surface area contributed by atoms with Gasteiger partial charge in [0.25, 0.3) is 0 Å². The van der Waals surface area contributed by atoms with Crippen molar-refractivity contribution in [1.29, 1.82) is 0 Å². The molecule has 1 radical (unpaired) electrons. The van der Waals surface area contributed by atoms with Gasteiger partial charge in [-0.1, -0.05) is 60.7 Å². The molecule has 0 spiro atoms. The lowest BCUT2D eigenvalue weighted by molar-refractivity contribution is -0.143. The van der Waals surface area contributed by atoms with Crippen LogP contribution >= 0.6 is 0 Å². The highest BCUT2D eigenvalue weighted by Crippen LogP contribution is 2.37. The van der Waals surface area contributed by atoms with Gasteiger partial charge in [-0.3, -0.25) is 4.90 Å². The van der Waals surface area contributed by atoms with Crippen LogP contribution in [0.3, 0.4) is 0 Å². The van der Waals surface area contributed by atoms with Crippen molar-refractivity contribution in [1.82, 2.24) is 9.80 Å². The predicted octanol–water partition coefficient (Wildman–Crippen LogP) is 7.07. The van der Waals surface area contributed by atoms with Crippen LogP contribution in [0.4, 0.5) is 26.3 Å². The van der Waals surface area contributed by atoms with E-state index in [1.165, 1.54) is 5.56 Å². The minimum absolute atomic E-state index is 0.00965. The summed E-state index contributed by atoms with van der Waals surface area (Å²) in [6, 6.07) is 21.4. The first-order valence-corrected chi connectivity index (χ1v) is 12.3. The minimum Gasteiger partial charge on any atom is -0.300 e. The SMILES string of the molecule is FC(F)(F)c1cc(C[CH]C(c2ccccc2)N2CCN(CCc3ccccc3)CC2)cc(C(F)(F)F)c1. The highest BCUT2D eigenvalue weighted by molar-refractivity contribution is 5.35. The standard InChI is InChI=1S/C29H29F6N2/c30-28(31,32)25-19-23(20-26(21-25)29(33,34)35)11-12-27(24-9-5-2-6-10-24)37-17-15-36(16-18-37)14-13-22-7-3-1-4-8-22/h1-10,12,19-21,27H,11,13-18H2. The molecule has 0 bridgehead atoms. The van der Waals surface area contributed by atoms with Crippen molar-refractivity contribution < 1.29 is 26.3 Å².